The van der Waals surface area contributed by atoms with Crippen molar-refractivity contribution >= 4 is 11.9 Å². The second-order valence-corrected chi connectivity index (χ2v) is 6.67. The van der Waals surface area contributed by atoms with Gasteiger partial charge in [0.25, 0.3) is 5.91 Å². The van der Waals surface area contributed by atoms with Gasteiger partial charge in [0.2, 0.25) is 5.95 Å². The Morgan fingerprint density at radius 2 is 2.12 bits per heavy atom. The van der Waals surface area contributed by atoms with Gasteiger partial charge in [-0.25, -0.2) is 9.97 Å². The summed E-state index contributed by atoms with van der Waals surface area (Å²) in [5.74, 6) is 0.507. The number of H-pyrrole nitrogens is 1. The number of likely N-dealkylation sites (tertiary alicyclic amines) is 1. The highest BCUT2D eigenvalue weighted by atomic mass is 16.2. The van der Waals surface area contributed by atoms with E-state index < -0.39 is 0 Å². The summed E-state index contributed by atoms with van der Waals surface area (Å²) < 4.78 is 0. The molecule has 7 heteroatoms. The molecule has 2 aromatic heterocycles. The molecule has 0 spiro atoms. The van der Waals surface area contributed by atoms with E-state index in [-0.39, 0.29) is 11.9 Å². The molecule has 1 aliphatic carbocycles. The Bertz CT molecular complexity index is 742. The number of nitrogen functional groups attached to an aromatic ring is 1. The number of hydrogen-bond acceptors (Lipinski definition) is 5. The molecule has 1 amide bonds. The first-order chi connectivity index (χ1) is 11.7. The van der Waals surface area contributed by atoms with Gasteiger partial charge in [0.1, 0.15) is 5.69 Å². The Hall–Kier alpha value is -2.44. The number of anilines is 1. The molecule has 24 heavy (non-hydrogen) atoms. The van der Waals surface area contributed by atoms with E-state index in [9.17, 15) is 4.79 Å². The zero-order valence-electron chi connectivity index (χ0n) is 13.7. The predicted molar refractivity (Wildman–Crippen MR) is 89.6 cm³/mol. The van der Waals surface area contributed by atoms with Crippen LogP contribution in [0.5, 0.6) is 0 Å². The molecule has 1 aliphatic heterocycles. The van der Waals surface area contributed by atoms with Crippen molar-refractivity contribution in [1.82, 2.24) is 25.1 Å². The number of nitrogens with zero attached hydrogens (tertiary/aromatic N) is 4. The van der Waals surface area contributed by atoms with Gasteiger partial charge in [0.15, 0.2) is 0 Å². The molecule has 126 valence electrons. The van der Waals surface area contributed by atoms with E-state index in [0.29, 0.717) is 18.2 Å². The van der Waals surface area contributed by atoms with Gasteiger partial charge in [0.05, 0.1) is 0 Å². The average Bonchev–Trinajstić information content (AvgIpc) is 3.15. The lowest BCUT2D eigenvalue weighted by molar-refractivity contribution is 0.0698. The maximum absolute atomic E-state index is 13.1. The predicted octanol–water partition coefficient (Wildman–Crippen LogP) is 1.68. The lowest BCUT2D eigenvalue weighted by Crippen LogP contribution is -2.40. The van der Waals surface area contributed by atoms with Crippen LogP contribution in [0.25, 0.3) is 0 Å². The van der Waals surface area contributed by atoms with Gasteiger partial charge in [-0.15, -0.1) is 0 Å². The smallest absolute Gasteiger partial charge is 0.272 e. The van der Waals surface area contributed by atoms with Crippen LogP contribution in [-0.2, 0) is 12.8 Å². The molecular weight excluding hydrogens is 304 g/mol. The number of carbonyl (C=O) groups excluding carboxylic acids is 1. The van der Waals surface area contributed by atoms with E-state index >= 15 is 0 Å². The highest BCUT2D eigenvalue weighted by molar-refractivity contribution is 5.94. The summed E-state index contributed by atoms with van der Waals surface area (Å²) >= 11 is 0. The van der Waals surface area contributed by atoms with Crippen LogP contribution in [0.2, 0.25) is 0 Å². The van der Waals surface area contributed by atoms with Crippen molar-refractivity contribution in [2.45, 2.75) is 44.4 Å². The van der Waals surface area contributed by atoms with Crippen LogP contribution in [0.1, 0.15) is 59.0 Å². The number of hydrogen-bond donors (Lipinski definition) is 2. The summed E-state index contributed by atoms with van der Waals surface area (Å²) in [4.78, 5) is 23.6. The molecule has 0 aromatic carbocycles. The number of aryl methyl sites for hydroxylation is 1. The van der Waals surface area contributed by atoms with Gasteiger partial charge in [0, 0.05) is 42.2 Å². The third-order valence-electron chi connectivity index (χ3n) is 5.07. The van der Waals surface area contributed by atoms with E-state index in [1.54, 1.807) is 6.20 Å². The van der Waals surface area contributed by atoms with Gasteiger partial charge in [-0.2, -0.15) is 5.10 Å². The third-order valence-corrected chi connectivity index (χ3v) is 5.07. The molecule has 1 atom stereocenters. The third kappa shape index (κ3) is 2.74. The fraction of sp³-hybridized carbons (Fsp3) is 0.529. The van der Waals surface area contributed by atoms with Crippen LogP contribution in [0.4, 0.5) is 5.95 Å². The monoisotopic (exact) mass is 326 g/mol. The lowest BCUT2D eigenvalue weighted by Gasteiger charge is -2.32. The maximum atomic E-state index is 13.1. The fourth-order valence-corrected chi connectivity index (χ4v) is 3.85. The van der Waals surface area contributed by atoms with Crippen LogP contribution >= 0.6 is 0 Å². The van der Waals surface area contributed by atoms with Crippen LogP contribution < -0.4 is 5.73 Å². The number of nitrogens with one attached hydrogen (secondary N) is 1. The van der Waals surface area contributed by atoms with Crippen molar-refractivity contribution in [3.05, 3.63) is 34.9 Å². The Morgan fingerprint density at radius 3 is 2.96 bits per heavy atom. The molecule has 3 N–H and O–H groups in total. The topological polar surface area (TPSA) is 101 Å². The summed E-state index contributed by atoms with van der Waals surface area (Å²) in [6.45, 7) is 1.46. The van der Waals surface area contributed by atoms with Crippen LogP contribution in [0.3, 0.4) is 0 Å². The van der Waals surface area contributed by atoms with E-state index in [0.717, 1.165) is 62.0 Å². The van der Waals surface area contributed by atoms with Crippen LogP contribution in [-0.4, -0.2) is 44.1 Å². The van der Waals surface area contributed by atoms with Gasteiger partial charge in [-0.1, -0.05) is 0 Å². The quantitative estimate of drug-likeness (QED) is 0.874. The number of carbonyl (C=O) groups is 1. The summed E-state index contributed by atoms with van der Waals surface area (Å²) in [5, 5.41) is 7.06. The molecule has 1 fully saturated rings. The van der Waals surface area contributed by atoms with Crippen molar-refractivity contribution in [2.75, 3.05) is 18.8 Å². The summed E-state index contributed by atoms with van der Waals surface area (Å²) in [6.07, 6.45) is 7.75. The summed E-state index contributed by atoms with van der Waals surface area (Å²) in [5.41, 5.74) is 9.42. The normalized spacial score (nSPS) is 20.7. The van der Waals surface area contributed by atoms with Gasteiger partial charge >= 0.3 is 0 Å². The van der Waals surface area contributed by atoms with E-state index in [2.05, 4.69) is 20.2 Å². The Kier molecular flexibility index (Phi) is 3.92. The highest BCUT2D eigenvalue weighted by Gasteiger charge is 2.30. The number of nitrogens with two attached hydrogens (primary N) is 1. The minimum absolute atomic E-state index is 0.00790. The fourth-order valence-electron chi connectivity index (χ4n) is 3.85. The van der Waals surface area contributed by atoms with Crippen molar-refractivity contribution in [3.63, 3.8) is 0 Å². The Labute approximate surface area is 140 Å². The van der Waals surface area contributed by atoms with Gasteiger partial charge in [-0.3, -0.25) is 9.89 Å². The molecule has 7 nitrogen and oxygen atoms in total. The second-order valence-electron chi connectivity index (χ2n) is 6.67. The SMILES string of the molecule is Nc1nc2c(c(C(=O)N3CCC[C@@H](c4ccn[nH]4)C3)n1)CCCC2. The van der Waals surface area contributed by atoms with Crippen molar-refractivity contribution in [2.24, 2.45) is 0 Å². The molecule has 3 heterocycles. The van der Waals surface area contributed by atoms with Crippen LogP contribution in [0, 0.1) is 0 Å². The summed E-state index contributed by atoms with van der Waals surface area (Å²) in [7, 11) is 0. The highest BCUT2D eigenvalue weighted by Crippen LogP contribution is 2.28. The zero-order valence-corrected chi connectivity index (χ0v) is 13.7. The number of rotatable bonds is 2. The minimum atomic E-state index is -0.00790. The molecule has 2 aliphatic rings. The average molecular weight is 326 g/mol. The number of fused-ring (bicyclic) bond motifs is 1. The standard InChI is InChI=1S/C17H22N6O/c18-17-20-14-6-2-1-5-12(14)15(21-17)16(24)23-9-3-4-11(10-23)13-7-8-19-22-13/h7-8,11H,1-6,9-10H2,(H,19,22)(H2,18,20,21)/t11-/m1/s1. The molecule has 0 saturated carbocycles. The van der Waals surface area contributed by atoms with Crippen LogP contribution in [0.15, 0.2) is 12.3 Å². The van der Waals surface area contributed by atoms with Crippen molar-refractivity contribution in [3.8, 4) is 0 Å². The van der Waals surface area contributed by atoms with Gasteiger partial charge < -0.3 is 10.6 Å². The van der Waals surface area contributed by atoms with Gasteiger partial charge in [-0.05, 0) is 44.6 Å². The number of amides is 1. The first-order valence-electron chi connectivity index (χ1n) is 8.66. The number of piperidine rings is 1. The molecule has 4 rings (SSSR count). The Balaban J connectivity index is 1.60. The first kappa shape index (κ1) is 15.1. The molecule has 2 aromatic rings. The lowest BCUT2D eigenvalue weighted by atomic mass is 9.92. The largest absolute Gasteiger partial charge is 0.368 e. The molecule has 0 radical (unpaired) electrons. The van der Waals surface area contributed by atoms with E-state index in [4.69, 9.17) is 5.73 Å². The summed E-state index contributed by atoms with van der Waals surface area (Å²) in [6, 6.07) is 1.99. The van der Waals surface area contributed by atoms with E-state index in [1.165, 1.54) is 0 Å². The minimum Gasteiger partial charge on any atom is -0.368 e. The molecule has 0 bridgehead atoms. The number of aromatic amines is 1. The number of aromatic nitrogens is 4. The molecule has 1 saturated heterocycles. The second kappa shape index (κ2) is 6.22. The zero-order chi connectivity index (χ0) is 16.5. The van der Waals surface area contributed by atoms with E-state index in [1.807, 2.05) is 11.0 Å². The molecular formula is C17H22N6O. The van der Waals surface area contributed by atoms with Crippen molar-refractivity contribution in [1.29, 1.82) is 0 Å². The first-order valence-corrected chi connectivity index (χ1v) is 8.66. The molecule has 0 unspecified atom stereocenters. The van der Waals surface area contributed by atoms with Crippen molar-refractivity contribution < 1.29 is 4.79 Å². The Morgan fingerprint density at radius 1 is 1.25 bits per heavy atom. The maximum Gasteiger partial charge on any atom is 0.272 e.